The van der Waals surface area contributed by atoms with Gasteiger partial charge in [0.05, 0.1) is 6.20 Å². The molecule has 0 N–H and O–H groups in total. The minimum absolute atomic E-state index is 1.04. The summed E-state index contributed by atoms with van der Waals surface area (Å²) >= 11 is 0. The molecule has 0 radical (unpaired) electrons. The highest BCUT2D eigenvalue weighted by atomic mass is 15.2. The van der Waals surface area contributed by atoms with E-state index in [1.54, 1.807) is 10.8 Å². The van der Waals surface area contributed by atoms with Crippen molar-refractivity contribution >= 4 is 5.57 Å². The van der Waals surface area contributed by atoms with Gasteiger partial charge in [-0.15, -0.1) is 0 Å². The van der Waals surface area contributed by atoms with Crippen LogP contribution < -0.4 is 0 Å². The average Bonchev–Trinajstić information content (AvgIpc) is 2.64. The van der Waals surface area contributed by atoms with Gasteiger partial charge in [-0.05, 0) is 25.0 Å². The molecule has 0 aliphatic rings. The molecule has 0 bridgehead atoms. The first kappa shape index (κ1) is 12.2. The van der Waals surface area contributed by atoms with Crippen molar-refractivity contribution in [3.63, 3.8) is 0 Å². The molecule has 0 spiro atoms. The SMILES string of the molecule is C=C/C=C(\C(=C/C)C(=C)C)c1cnn(C)c1. The van der Waals surface area contributed by atoms with Crippen LogP contribution in [0.5, 0.6) is 0 Å². The van der Waals surface area contributed by atoms with Crippen molar-refractivity contribution < 1.29 is 0 Å². The fourth-order valence-electron chi connectivity index (χ4n) is 1.65. The van der Waals surface area contributed by atoms with Crippen molar-refractivity contribution in [3.8, 4) is 0 Å². The predicted molar refractivity (Wildman–Crippen MR) is 70.0 cm³/mol. The lowest BCUT2D eigenvalue weighted by atomic mass is 9.95. The minimum atomic E-state index is 1.04. The monoisotopic (exact) mass is 214 g/mol. The van der Waals surface area contributed by atoms with Gasteiger partial charge in [0, 0.05) is 18.8 Å². The molecule has 0 aliphatic heterocycles. The lowest BCUT2D eigenvalue weighted by Gasteiger charge is -2.09. The zero-order valence-corrected chi connectivity index (χ0v) is 10.2. The molecule has 0 unspecified atom stereocenters. The Morgan fingerprint density at radius 3 is 2.56 bits per heavy atom. The van der Waals surface area contributed by atoms with E-state index in [2.05, 4.69) is 24.3 Å². The number of allylic oxidation sites excluding steroid dienone is 6. The number of rotatable bonds is 4. The van der Waals surface area contributed by atoms with E-state index in [4.69, 9.17) is 0 Å². The van der Waals surface area contributed by atoms with Crippen LogP contribution in [0.1, 0.15) is 19.4 Å². The lowest BCUT2D eigenvalue weighted by Crippen LogP contribution is -1.90. The maximum absolute atomic E-state index is 4.18. The average molecular weight is 214 g/mol. The van der Waals surface area contributed by atoms with Crippen LogP contribution in [0.2, 0.25) is 0 Å². The summed E-state index contributed by atoms with van der Waals surface area (Å²) in [6.45, 7) is 11.8. The van der Waals surface area contributed by atoms with Gasteiger partial charge in [0.2, 0.25) is 0 Å². The fraction of sp³-hybridized carbons (Fsp3) is 0.214. The van der Waals surface area contributed by atoms with Crippen LogP contribution in [0.4, 0.5) is 0 Å². The van der Waals surface area contributed by atoms with Gasteiger partial charge < -0.3 is 0 Å². The van der Waals surface area contributed by atoms with Crippen LogP contribution in [0.3, 0.4) is 0 Å². The predicted octanol–water partition coefficient (Wildman–Crippen LogP) is 3.51. The first-order chi connectivity index (χ1) is 7.60. The molecule has 2 heteroatoms. The van der Waals surface area contributed by atoms with Gasteiger partial charge in [-0.3, -0.25) is 4.68 Å². The Balaban J connectivity index is 3.25. The Hall–Kier alpha value is -1.83. The van der Waals surface area contributed by atoms with Crippen LogP contribution in [0, 0.1) is 0 Å². The summed E-state index contributed by atoms with van der Waals surface area (Å²) in [6, 6.07) is 0. The number of aryl methyl sites for hydroxylation is 1. The molecule has 0 atom stereocenters. The molecule has 0 saturated carbocycles. The standard InChI is InChI=1S/C14H18N2/c1-6-8-14(13(7-2)11(3)4)12-9-15-16(5)10-12/h6-10H,1,3H2,2,4-5H3/b13-7-,14-8-. The summed E-state index contributed by atoms with van der Waals surface area (Å²) < 4.78 is 1.79. The van der Waals surface area contributed by atoms with Gasteiger partial charge in [0.15, 0.2) is 0 Å². The number of hydrogen-bond donors (Lipinski definition) is 0. The Labute approximate surface area is 97.3 Å². The number of hydrogen-bond acceptors (Lipinski definition) is 1. The fourth-order valence-corrected chi connectivity index (χ4v) is 1.65. The van der Waals surface area contributed by atoms with Crippen molar-refractivity contribution in [3.05, 3.63) is 60.5 Å². The van der Waals surface area contributed by atoms with E-state index >= 15 is 0 Å². The van der Waals surface area contributed by atoms with Gasteiger partial charge >= 0.3 is 0 Å². The lowest BCUT2D eigenvalue weighted by molar-refractivity contribution is 0.767. The highest BCUT2D eigenvalue weighted by Gasteiger charge is 2.08. The molecule has 0 saturated heterocycles. The molecule has 1 aromatic heterocycles. The molecular weight excluding hydrogens is 196 g/mol. The highest BCUT2D eigenvalue weighted by Crippen LogP contribution is 2.27. The summed E-state index contributed by atoms with van der Waals surface area (Å²) in [7, 11) is 1.91. The maximum atomic E-state index is 4.18. The Morgan fingerprint density at radius 1 is 1.50 bits per heavy atom. The third kappa shape index (κ3) is 2.60. The summed E-state index contributed by atoms with van der Waals surface area (Å²) in [6.07, 6.45) is 9.67. The first-order valence-corrected chi connectivity index (χ1v) is 5.24. The number of aromatic nitrogens is 2. The molecule has 84 valence electrons. The number of nitrogens with zero attached hydrogens (tertiary/aromatic N) is 2. The largest absolute Gasteiger partial charge is 0.275 e. The van der Waals surface area contributed by atoms with E-state index in [1.807, 2.05) is 39.4 Å². The van der Waals surface area contributed by atoms with E-state index in [-0.39, 0.29) is 0 Å². The van der Waals surface area contributed by atoms with Crippen LogP contribution in [-0.4, -0.2) is 9.78 Å². The van der Waals surface area contributed by atoms with Crippen molar-refractivity contribution in [2.75, 3.05) is 0 Å². The van der Waals surface area contributed by atoms with Crippen LogP contribution in [-0.2, 0) is 7.05 Å². The molecule has 1 heterocycles. The zero-order chi connectivity index (χ0) is 12.1. The molecular formula is C14H18N2. The van der Waals surface area contributed by atoms with E-state index in [0.29, 0.717) is 0 Å². The van der Waals surface area contributed by atoms with Gasteiger partial charge in [0.1, 0.15) is 0 Å². The Kier molecular flexibility index (Phi) is 4.06. The topological polar surface area (TPSA) is 17.8 Å². The van der Waals surface area contributed by atoms with E-state index < -0.39 is 0 Å². The molecule has 0 fully saturated rings. The van der Waals surface area contributed by atoms with Crippen molar-refractivity contribution in [1.29, 1.82) is 0 Å². The van der Waals surface area contributed by atoms with Gasteiger partial charge in [0.25, 0.3) is 0 Å². The summed E-state index contributed by atoms with van der Waals surface area (Å²) in [5.41, 5.74) is 4.36. The summed E-state index contributed by atoms with van der Waals surface area (Å²) in [5, 5.41) is 4.18. The second-order valence-corrected chi connectivity index (χ2v) is 3.70. The second kappa shape index (κ2) is 5.31. The molecule has 1 rings (SSSR count). The maximum Gasteiger partial charge on any atom is 0.0568 e. The van der Waals surface area contributed by atoms with Gasteiger partial charge in [-0.1, -0.05) is 37.0 Å². The quantitative estimate of drug-likeness (QED) is 0.701. The van der Waals surface area contributed by atoms with Crippen LogP contribution in [0.15, 0.2) is 54.9 Å². The summed E-state index contributed by atoms with van der Waals surface area (Å²) in [5.74, 6) is 0. The molecule has 0 aliphatic carbocycles. The summed E-state index contributed by atoms with van der Waals surface area (Å²) in [4.78, 5) is 0. The second-order valence-electron chi connectivity index (χ2n) is 3.70. The van der Waals surface area contributed by atoms with E-state index in [1.165, 1.54) is 0 Å². The molecule has 16 heavy (non-hydrogen) atoms. The molecule has 2 nitrogen and oxygen atoms in total. The van der Waals surface area contributed by atoms with Crippen molar-refractivity contribution in [2.45, 2.75) is 13.8 Å². The molecule has 1 aromatic rings. The van der Waals surface area contributed by atoms with Crippen LogP contribution >= 0.6 is 0 Å². The Morgan fingerprint density at radius 2 is 2.19 bits per heavy atom. The van der Waals surface area contributed by atoms with Gasteiger partial charge in [-0.2, -0.15) is 5.10 Å². The van der Waals surface area contributed by atoms with E-state index in [9.17, 15) is 0 Å². The molecule has 0 amide bonds. The minimum Gasteiger partial charge on any atom is -0.275 e. The highest BCUT2D eigenvalue weighted by molar-refractivity contribution is 5.83. The third-order valence-electron chi connectivity index (χ3n) is 2.34. The van der Waals surface area contributed by atoms with Crippen LogP contribution in [0.25, 0.3) is 5.57 Å². The normalized spacial score (nSPS) is 12.7. The first-order valence-electron chi connectivity index (χ1n) is 5.24. The third-order valence-corrected chi connectivity index (χ3v) is 2.34. The smallest absolute Gasteiger partial charge is 0.0568 e. The van der Waals surface area contributed by atoms with Gasteiger partial charge in [-0.25, -0.2) is 0 Å². The van der Waals surface area contributed by atoms with Crippen molar-refractivity contribution in [1.82, 2.24) is 9.78 Å². The zero-order valence-electron chi connectivity index (χ0n) is 10.2. The molecule has 0 aromatic carbocycles. The Bertz CT molecular complexity index is 459. The van der Waals surface area contributed by atoms with Crippen molar-refractivity contribution in [2.24, 2.45) is 7.05 Å². The van der Waals surface area contributed by atoms with E-state index in [0.717, 1.165) is 22.3 Å².